The second-order valence-corrected chi connectivity index (χ2v) is 3.13. The molecule has 6 heteroatoms. The minimum atomic E-state index is -0.453. The second-order valence-electron chi connectivity index (χ2n) is 3.13. The Morgan fingerprint density at radius 3 is 2.29 bits per heavy atom. The first-order chi connectivity index (χ1) is 6.54. The molecule has 0 unspecified atom stereocenters. The molecule has 0 bridgehead atoms. The SMILES string of the molecule is C[C@H](N)C(=O)NCCCCNC(=N)N. The van der Waals surface area contributed by atoms with Crippen LogP contribution in [0.1, 0.15) is 19.8 Å². The van der Waals surface area contributed by atoms with Gasteiger partial charge in [-0.2, -0.15) is 0 Å². The number of nitrogens with one attached hydrogen (secondary N) is 3. The van der Waals surface area contributed by atoms with Crippen molar-refractivity contribution in [2.75, 3.05) is 13.1 Å². The highest BCUT2D eigenvalue weighted by Crippen LogP contribution is 1.85. The normalized spacial score (nSPS) is 11.9. The summed E-state index contributed by atoms with van der Waals surface area (Å²) in [4.78, 5) is 11.0. The van der Waals surface area contributed by atoms with Crippen LogP contribution in [0.4, 0.5) is 0 Å². The van der Waals surface area contributed by atoms with E-state index in [1.165, 1.54) is 0 Å². The minimum Gasteiger partial charge on any atom is -0.370 e. The average molecular weight is 201 g/mol. The molecule has 7 N–H and O–H groups in total. The molecular weight excluding hydrogens is 182 g/mol. The molecule has 0 aromatic rings. The van der Waals surface area contributed by atoms with Crippen LogP contribution in [0.5, 0.6) is 0 Å². The van der Waals surface area contributed by atoms with E-state index < -0.39 is 6.04 Å². The molecule has 1 atom stereocenters. The van der Waals surface area contributed by atoms with Crippen molar-refractivity contribution in [3.63, 3.8) is 0 Å². The molecule has 0 aromatic carbocycles. The Labute approximate surface area is 83.9 Å². The van der Waals surface area contributed by atoms with Crippen molar-refractivity contribution in [1.29, 1.82) is 5.41 Å². The predicted octanol–water partition coefficient (Wildman–Crippen LogP) is -1.29. The molecule has 82 valence electrons. The molecule has 0 saturated heterocycles. The average Bonchev–Trinajstić information content (AvgIpc) is 2.09. The molecule has 6 nitrogen and oxygen atoms in total. The third-order valence-corrected chi connectivity index (χ3v) is 1.63. The van der Waals surface area contributed by atoms with E-state index in [2.05, 4.69) is 10.6 Å². The van der Waals surface area contributed by atoms with Gasteiger partial charge in [-0.1, -0.05) is 0 Å². The van der Waals surface area contributed by atoms with E-state index in [1.54, 1.807) is 6.92 Å². The molecule has 0 aliphatic rings. The number of rotatable bonds is 6. The lowest BCUT2D eigenvalue weighted by Crippen LogP contribution is -2.39. The molecule has 0 aromatic heterocycles. The summed E-state index contributed by atoms with van der Waals surface area (Å²) in [5.74, 6) is -0.158. The van der Waals surface area contributed by atoms with Crippen LogP contribution >= 0.6 is 0 Å². The number of amides is 1. The molecule has 0 saturated carbocycles. The van der Waals surface area contributed by atoms with E-state index in [4.69, 9.17) is 16.9 Å². The van der Waals surface area contributed by atoms with Crippen LogP contribution < -0.4 is 22.1 Å². The van der Waals surface area contributed by atoms with Gasteiger partial charge in [0.25, 0.3) is 0 Å². The van der Waals surface area contributed by atoms with Gasteiger partial charge in [-0.05, 0) is 19.8 Å². The van der Waals surface area contributed by atoms with Crippen molar-refractivity contribution in [2.45, 2.75) is 25.8 Å². The van der Waals surface area contributed by atoms with Gasteiger partial charge in [-0.15, -0.1) is 0 Å². The molecule has 0 radical (unpaired) electrons. The van der Waals surface area contributed by atoms with Gasteiger partial charge in [-0.25, -0.2) is 0 Å². The van der Waals surface area contributed by atoms with Crippen LogP contribution in [0.3, 0.4) is 0 Å². The first-order valence-corrected chi connectivity index (χ1v) is 4.65. The lowest BCUT2D eigenvalue weighted by Gasteiger charge is -2.07. The van der Waals surface area contributed by atoms with Crippen molar-refractivity contribution in [1.82, 2.24) is 10.6 Å². The first-order valence-electron chi connectivity index (χ1n) is 4.65. The van der Waals surface area contributed by atoms with Crippen LogP contribution in [0, 0.1) is 5.41 Å². The smallest absolute Gasteiger partial charge is 0.236 e. The fraction of sp³-hybridized carbons (Fsp3) is 0.750. The lowest BCUT2D eigenvalue weighted by molar-refractivity contribution is -0.121. The van der Waals surface area contributed by atoms with E-state index in [1.807, 2.05) is 0 Å². The van der Waals surface area contributed by atoms with Crippen molar-refractivity contribution < 1.29 is 4.79 Å². The summed E-state index contributed by atoms with van der Waals surface area (Å²) >= 11 is 0. The monoisotopic (exact) mass is 201 g/mol. The maximum Gasteiger partial charge on any atom is 0.236 e. The fourth-order valence-corrected chi connectivity index (χ4v) is 0.846. The van der Waals surface area contributed by atoms with Crippen LogP contribution in [0.15, 0.2) is 0 Å². The Kier molecular flexibility index (Phi) is 6.47. The summed E-state index contributed by atoms with van der Waals surface area (Å²) in [6.45, 7) is 2.91. The van der Waals surface area contributed by atoms with E-state index in [-0.39, 0.29) is 11.9 Å². The van der Waals surface area contributed by atoms with Gasteiger partial charge in [0, 0.05) is 13.1 Å². The van der Waals surface area contributed by atoms with Gasteiger partial charge in [0.2, 0.25) is 5.91 Å². The molecular formula is C8H19N5O. The highest BCUT2D eigenvalue weighted by atomic mass is 16.2. The van der Waals surface area contributed by atoms with E-state index in [0.29, 0.717) is 13.1 Å². The van der Waals surface area contributed by atoms with E-state index >= 15 is 0 Å². The van der Waals surface area contributed by atoms with Crippen molar-refractivity contribution >= 4 is 11.9 Å². The molecule has 0 aliphatic heterocycles. The first kappa shape index (κ1) is 12.7. The van der Waals surface area contributed by atoms with Crippen LogP contribution in [-0.4, -0.2) is 31.0 Å². The number of guanidine groups is 1. The number of hydrogen-bond acceptors (Lipinski definition) is 3. The molecule has 1 amide bonds. The lowest BCUT2D eigenvalue weighted by atomic mass is 10.3. The van der Waals surface area contributed by atoms with E-state index in [0.717, 1.165) is 12.8 Å². The van der Waals surface area contributed by atoms with Crippen molar-refractivity contribution in [2.24, 2.45) is 11.5 Å². The van der Waals surface area contributed by atoms with Crippen molar-refractivity contribution in [3.8, 4) is 0 Å². The summed E-state index contributed by atoms with van der Waals surface area (Å²) in [5.41, 5.74) is 10.4. The standard InChI is InChI=1S/C8H19N5O/c1-6(9)7(14)12-4-2-3-5-13-8(10)11/h6H,2-5,9H2,1H3,(H,12,14)(H4,10,11,13)/t6-/m0/s1. The Hall–Kier alpha value is -1.30. The zero-order valence-corrected chi connectivity index (χ0v) is 8.47. The number of carbonyl (C=O) groups excluding carboxylic acids is 1. The van der Waals surface area contributed by atoms with E-state index in [9.17, 15) is 4.79 Å². The maximum atomic E-state index is 11.0. The number of unbranched alkanes of at least 4 members (excludes halogenated alkanes) is 1. The predicted molar refractivity (Wildman–Crippen MR) is 55.8 cm³/mol. The van der Waals surface area contributed by atoms with Crippen LogP contribution in [0.2, 0.25) is 0 Å². The molecule has 0 aliphatic carbocycles. The highest BCUT2D eigenvalue weighted by Gasteiger charge is 2.04. The third-order valence-electron chi connectivity index (χ3n) is 1.63. The van der Waals surface area contributed by atoms with Gasteiger partial charge in [0.15, 0.2) is 5.96 Å². The topological polar surface area (TPSA) is 117 Å². The van der Waals surface area contributed by atoms with Gasteiger partial charge >= 0.3 is 0 Å². The zero-order valence-electron chi connectivity index (χ0n) is 8.47. The van der Waals surface area contributed by atoms with Crippen LogP contribution in [0.25, 0.3) is 0 Å². The molecule has 14 heavy (non-hydrogen) atoms. The maximum absolute atomic E-state index is 11.0. The Bertz CT molecular complexity index is 192. The van der Waals surface area contributed by atoms with Crippen molar-refractivity contribution in [3.05, 3.63) is 0 Å². The van der Waals surface area contributed by atoms with Gasteiger partial charge in [-0.3, -0.25) is 10.2 Å². The number of carbonyl (C=O) groups is 1. The molecule has 0 heterocycles. The fourth-order valence-electron chi connectivity index (χ4n) is 0.846. The summed E-state index contributed by atoms with van der Waals surface area (Å²) in [6, 6.07) is -0.453. The number of hydrogen-bond donors (Lipinski definition) is 5. The Morgan fingerprint density at radius 2 is 1.86 bits per heavy atom. The quantitative estimate of drug-likeness (QED) is 0.209. The Morgan fingerprint density at radius 1 is 1.36 bits per heavy atom. The summed E-state index contributed by atoms with van der Waals surface area (Å²) < 4.78 is 0. The van der Waals surface area contributed by atoms with Gasteiger partial charge in [0.1, 0.15) is 0 Å². The summed E-state index contributed by atoms with van der Waals surface area (Å²) in [6.07, 6.45) is 1.71. The van der Waals surface area contributed by atoms with Crippen LogP contribution in [-0.2, 0) is 4.79 Å². The molecule has 0 fully saturated rings. The molecule has 0 rings (SSSR count). The summed E-state index contributed by atoms with van der Waals surface area (Å²) in [5, 5.41) is 12.3. The number of nitrogens with two attached hydrogens (primary N) is 2. The second kappa shape index (κ2) is 7.14. The Balaban J connectivity index is 3.22. The highest BCUT2D eigenvalue weighted by molar-refractivity contribution is 5.80. The van der Waals surface area contributed by atoms with Gasteiger partial charge < -0.3 is 22.1 Å². The molecule has 0 spiro atoms. The third kappa shape index (κ3) is 7.35. The minimum absolute atomic E-state index is 0.0235. The van der Waals surface area contributed by atoms with Gasteiger partial charge in [0.05, 0.1) is 6.04 Å². The summed E-state index contributed by atoms with van der Waals surface area (Å²) in [7, 11) is 0. The zero-order chi connectivity index (χ0) is 11.0. The largest absolute Gasteiger partial charge is 0.370 e.